The summed E-state index contributed by atoms with van der Waals surface area (Å²) in [6.45, 7) is 8.52. The molecule has 44 heavy (non-hydrogen) atoms. The fourth-order valence-electron chi connectivity index (χ4n) is 6.16. The number of ketones is 1. The number of aromatic nitrogens is 4. The van der Waals surface area contributed by atoms with Gasteiger partial charge in [0.2, 0.25) is 0 Å². The van der Waals surface area contributed by atoms with E-state index in [0.717, 1.165) is 81.7 Å². The van der Waals surface area contributed by atoms with E-state index < -0.39 is 0 Å². The van der Waals surface area contributed by atoms with Crippen LogP contribution in [-0.4, -0.2) is 44.6 Å². The highest BCUT2D eigenvalue weighted by Gasteiger charge is 2.22. The molecule has 1 aliphatic carbocycles. The van der Waals surface area contributed by atoms with E-state index in [-0.39, 0.29) is 5.78 Å². The average Bonchev–Trinajstić information content (AvgIpc) is 3.48. The number of rotatable bonds is 11. The molecule has 3 aromatic heterocycles. The lowest BCUT2D eigenvalue weighted by molar-refractivity contribution is -0.114. The van der Waals surface area contributed by atoms with Crippen molar-refractivity contribution in [3.8, 4) is 11.3 Å². The first-order valence-corrected chi connectivity index (χ1v) is 15.5. The van der Waals surface area contributed by atoms with E-state index >= 15 is 0 Å². The van der Waals surface area contributed by atoms with Gasteiger partial charge in [-0.2, -0.15) is 9.61 Å². The second kappa shape index (κ2) is 13.0. The van der Waals surface area contributed by atoms with E-state index in [1.165, 1.54) is 6.08 Å². The van der Waals surface area contributed by atoms with Gasteiger partial charge in [-0.1, -0.05) is 62.9 Å². The highest BCUT2D eigenvalue weighted by molar-refractivity contribution is 5.97. The minimum atomic E-state index is 0.00907. The molecule has 6 rings (SSSR count). The summed E-state index contributed by atoms with van der Waals surface area (Å²) < 4.78 is 7.49. The number of fused-ring (bicyclic) bond motifs is 2. The van der Waals surface area contributed by atoms with E-state index in [4.69, 9.17) is 19.8 Å². The molecular formula is C36H40N6O2. The summed E-state index contributed by atoms with van der Waals surface area (Å²) in [6, 6.07) is 18.9. The zero-order valence-corrected chi connectivity index (χ0v) is 25.7. The first-order chi connectivity index (χ1) is 21.4. The first-order valence-electron chi connectivity index (χ1n) is 15.5. The Balaban J connectivity index is 1.30. The van der Waals surface area contributed by atoms with Gasteiger partial charge in [-0.15, -0.1) is 0 Å². The Kier molecular flexibility index (Phi) is 8.70. The predicted octanol–water partition coefficient (Wildman–Crippen LogP) is 7.35. The smallest absolute Gasteiger partial charge is 0.163 e. The van der Waals surface area contributed by atoms with E-state index in [1.54, 1.807) is 7.11 Å². The van der Waals surface area contributed by atoms with Crippen LogP contribution in [0, 0.1) is 0 Å². The minimum absolute atomic E-state index is 0.00907. The Morgan fingerprint density at radius 2 is 1.93 bits per heavy atom. The fourth-order valence-corrected chi connectivity index (χ4v) is 6.16. The average molecular weight is 589 g/mol. The van der Waals surface area contributed by atoms with Crippen molar-refractivity contribution < 1.29 is 9.53 Å². The Morgan fingerprint density at radius 1 is 1.11 bits per heavy atom. The number of hydrogen-bond acceptors (Lipinski definition) is 7. The lowest BCUT2D eigenvalue weighted by atomic mass is 9.93. The second-order valence-corrected chi connectivity index (χ2v) is 11.9. The Morgan fingerprint density at radius 3 is 2.70 bits per heavy atom. The van der Waals surface area contributed by atoms with Crippen LogP contribution in [0.4, 0.5) is 11.6 Å². The maximum atomic E-state index is 11.9. The first kappa shape index (κ1) is 29.5. The number of ether oxygens (including phenoxy) is 1. The van der Waals surface area contributed by atoms with Gasteiger partial charge in [0, 0.05) is 54.9 Å². The van der Waals surface area contributed by atoms with Gasteiger partial charge in [0.1, 0.15) is 11.6 Å². The van der Waals surface area contributed by atoms with Crippen LogP contribution in [0.5, 0.6) is 0 Å². The molecule has 5 aromatic rings. The van der Waals surface area contributed by atoms with Crippen molar-refractivity contribution in [1.29, 1.82) is 0 Å². The molecule has 2 N–H and O–H groups in total. The summed E-state index contributed by atoms with van der Waals surface area (Å²) in [5.41, 5.74) is 6.04. The number of nitrogens with one attached hydrogen (secondary N) is 2. The number of benzene rings is 2. The lowest BCUT2D eigenvalue weighted by Crippen LogP contribution is -2.29. The highest BCUT2D eigenvalue weighted by Crippen LogP contribution is 2.32. The molecule has 8 heteroatoms. The van der Waals surface area contributed by atoms with Crippen LogP contribution >= 0.6 is 0 Å². The Hall–Kier alpha value is -4.56. The standard InChI is InChI=1S/C36H40N6O2/c1-5-28(43)19-24-10-15-31-25(18-24)16-17-37-35(31)30-9-7-6-8-26(30)21-38-34-20-33(40-27-11-13-29(44-4)14-12-27)41-36-32(23(2)3)22-39-42(34)36/h5-10,15-18,20,22-23,27,29,38H,1,11-14,19,21H2,2-4H3,(H,40,41). The molecular weight excluding hydrogens is 548 g/mol. The van der Waals surface area contributed by atoms with Gasteiger partial charge in [0.25, 0.3) is 0 Å². The molecule has 0 amide bonds. The van der Waals surface area contributed by atoms with Crippen molar-refractivity contribution in [2.45, 2.75) is 70.6 Å². The zero-order valence-electron chi connectivity index (χ0n) is 25.7. The van der Waals surface area contributed by atoms with E-state index in [1.807, 2.05) is 35.1 Å². The van der Waals surface area contributed by atoms with Crippen LogP contribution in [0.15, 0.2) is 79.6 Å². The van der Waals surface area contributed by atoms with Crippen LogP contribution in [0.2, 0.25) is 0 Å². The van der Waals surface area contributed by atoms with E-state index in [0.29, 0.717) is 31.0 Å². The molecule has 2 aromatic carbocycles. The number of pyridine rings is 1. The van der Waals surface area contributed by atoms with Gasteiger partial charge in [0.05, 0.1) is 18.0 Å². The van der Waals surface area contributed by atoms with Crippen molar-refractivity contribution in [2.75, 3.05) is 17.7 Å². The Bertz CT molecular complexity index is 1800. The van der Waals surface area contributed by atoms with Gasteiger partial charge in [0.15, 0.2) is 11.4 Å². The Labute approximate surface area is 258 Å². The molecule has 1 fully saturated rings. The summed E-state index contributed by atoms with van der Waals surface area (Å²) in [4.78, 5) is 21.8. The van der Waals surface area contributed by atoms with Crippen molar-refractivity contribution in [1.82, 2.24) is 19.6 Å². The molecule has 0 unspecified atom stereocenters. The predicted molar refractivity (Wildman–Crippen MR) is 177 cm³/mol. The summed E-state index contributed by atoms with van der Waals surface area (Å²) in [5, 5.41) is 14.2. The number of carbonyl (C=O) groups excluding carboxylic acids is 1. The molecule has 1 saturated carbocycles. The summed E-state index contributed by atoms with van der Waals surface area (Å²) in [5.74, 6) is 2.05. The molecule has 226 valence electrons. The third-order valence-electron chi connectivity index (χ3n) is 8.65. The molecule has 8 nitrogen and oxygen atoms in total. The molecule has 0 atom stereocenters. The quantitative estimate of drug-likeness (QED) is 0.156. The lowest BCUT2D eigenvalue weighted by Gasteiger charge is -2.28. The highest BCUT2D eigenvalue weighted by atomic mass is 16.5. The number of allylic oxidation sites excluding steroid dienone is 1. The maximum Gasteiger partial charge on any atom is 0.163 e. The van der Waals surface area contributed by atoms with Crippen molar-refractivity contribution >= 4 is 33.8 Å². The van der Waals surface area contributed by atoms with Crippen molar-refractivity contribution in [3.05, 3.63) is 96.3 Å². The number of anilines is 2. The molecule has 0 bridgehead atoms. The van der Waals surface area contributed by atoms with Gasteiger partial charge in [-0.05, 0) is 60.3 Å². The SMILES string of the molecule is C=CC(=O)Cc1ccc2c(-c3ccccc3CNc3cc(NC4CCC(OC)CC4)nc4c(C(C)C)cnn34)nccc2c1. The van der Waals surface area contributed by atoms with Gasteiger partial charge < -0.3 is 15.4 Å². The zero-order chi connectivity index (χ0) is 30.6. The van der Waals surface area contributed by atoms with Crippen molar-refractivity contribution in [2.24, 2.45) is 0 Å². The van der Waals surface area contributed by atoms with Crippen LogP contribution in [-0.2, 0) is 22.5 Å². The van der Waals surface area contributed by atoms with Gasteiger partial charge >= 0.3 is 0 Å². The molecule has 0 aliphatic heterocycles. The number of methoxy groups -OCH3 is 1. The normalized spacial score (nSPS) is 16.8. The van der Waals surface area contributed by atoms with Gasteiger partial charge in [-0.25, -0.2) is 4.98 Å². The van der Waals surface area contributed by atoms with Crippen LogP contribution in [0.3, 0.4) is 0 Å². The summed E-state index contributed by atoms with van der Waals surface area (Å²) in [6.07, 6.45) is 10.1. The van der Waals surface area contributed by atoms with E-state index in [2.05, 4.69) is 67.5 Å². The monoisotopic (exact) mass is 588 g/mol. The topological polar surface area (TPSA) is 93.4 Å². The minimum Gasteiger partial charge on any atom is -0.381 e. The van der Waals surface area contributed by atoms with Crippen LogP contribution in [0.25, 0.3) is 27.7 Å². The van der Waals surface area contributed by atoms with Crippen LogP contribution in [0.1, 0.15) is 62.1 Å². The molecule has 1 aliphatic rings. The number of hydrogen-bond donors (Lipinski definition) is 2. The third kappa shape index (κ3) is 6.21. The van der Waals surface area contributed by atoms with E-state index in [9.17, 15) is 4.79 Å². The number of carbonyl (C=O) groups is 1. The molecule has 3 heterocycles. The third-order valence-corrected chi connectivity index (χ3v) is 8.65. The van der Waals surface area contributed by atoms with Crippen molar-refractivity contribution in [3.63, 3.8) is 0 Å². The number of nitrogens with zero attached hydrogens (tertiary/aromatic N) is 4. The molecule has 0 spiro atoms. The van der Waals surface area contributed by atoms with Gasteiger partial charge in [-0.3, -0.25) is 9.78 Å². The largest absolute Gasteiger partial charge is 0.381 e. The second-order valence-electron chi connectivity index (χ2n) is 11.9. The maximum absolute atomic E-state index is 11.9. The fraction of sp³-hybridized carbons (Fsp3) is 0.333. The van der Waals surface area contributed by atoms with Crippen LogP contribution < -0.4 is 10.6 Å². The molecule has 0 saturated heterocycles. The molecule has 0 radical (unpaired) electrons. The summed E-state index contributed by atoms with van der Waals surface area (Å²) >= 11 is 0. The summed E-state index contributed by atoms with van der Waals surface area (Å²) in [7, 11) is 1.80.